The second-order valence-corrected chi connectivity index (χ2v) is 6.92. The summed E-state index contributed by atoms with van der Waals surface area (Å²) >= 11 is 0. The van der Waals surface area contributed by atoms with Crippen LogP contribution in [0, 0.1) is 0 Å². The van der Waals surface area contributed by atoms with Crippen LogP contribution in [0.5, 0.6) is 5.75 Å². The lowest BCUT2D eigenvalue weighted by Gasteiger charge is -2.13. The maximum absolute atomic E-state index is 12.0. The molecule has 1 aliphatic carbocycles. The summed E-state index contributed by atoms with van der Waals surface area (Å²) in [5.74, 6) is -0.445. The summed E-state index contributed by atoms with van der Waals surface area (Å²) in [7, 11) is 1.65. The number of benzene rings is 2. The molecule has 1 aromatic heterocycles. The predicted molar refractivity (Wildman–Crippen MR) is 102 cm³/mol. The number of aromatic nitrogens is 1. The third kappa shape index (κ3) is 2.75. The Hall–Kier alpha value is -2.75. The molecule has 0 fully saturated rings. The Morgan fingerprint density at radius 1 is 1.15 bits per heavy atom. The number of hydrogen-bond acceptors (Lipinski definition) is 2. The van der Waals surface area contributed by atoms with Gasteiger partial charge in [0.05, 0.1) is 18.5 Å². The number of carbonyl (C=O) groups is 1. The van der Waals surface area contributed by atoms with E-state index >= 15 is 0 Å². The van der Waals surface area contributed by atoms with Crippen molar-refractivity contribution >= 4 is 16.9 Å². The highest BCUT2D eigenvalue weighted by Crippen LogP contribution is 2.42. The summed E-state index contributed by atoms with van der Waals surface area (Å²) in [6.45, 7) is 0.742. The molecule has 0 aliphatic heterocycles. The maximum Gasteiger partial charge on any atom is 0.311 e. The fourth-order valence-corrected chi connectivity index (χ4v) is 4.24. The van der Waals surface area contributed by atoms with E-state index in [1.807, 2.05) is 30.3 Å². The lowest BCUT2D eigenvalue weighted by Crippen LogP contribution is -2.12. The molecule has 3 aromatic rings. The summed E-state index contributed by atoms with van der Waals surface area (Å²) in [4.78, 5) is 12.0. The van der Waals surface area contributed by atoms with Gasteiger partial charge in [-0.15, -0.1) is 0 Å². The van der Waals surface area contributed by atoms with Crippen molar-refractivity contribution in [1.29, 1.82) is 0 Å². The van der Waals surface area contributed by atoms with Crippen LogP contribution in [0.3, 0.4) is 0 Å². The number of hydrogen-bond donors (Lipinski definition) is 1. The molecule has 0 saturated carbocycles. The second kappa shape index (κ2) is 6.87. The number of nitrogens with zero attached hydrogens (tertiary/aromatic N) is 1. The Balaban J connectivity index is 2.00. The van der Waals surface area contributed by atoms with Crippen LogP contribution in [0.4, 0.5) is 0 Å². The van der Waals surface area contributed by atoms with E-state index in [1.165, 1.54) is 5.56 Å². The Kier molecular flexibility index (Phi) is 4.41. The van der Waals surface area contributed by atoms with Gasteiger partial charge in [-0.2, -0.15) is 0 Å². The molecule has 26 heavy (non-hydrogen) atoms. The fourth-order valence-electron chi connectivity index (χ4n) is 4.24. The van der Waals surface area contributed by atoms with Crippen LogP contribution in [0.2, 0.25) is 0 Å². The number of aliphatic carboxylic acids is 1. The molecule has 0 saturated heterocycles. The van der Waals surface area contributed by atoms with Gasteiger partial charge in [0.15, 0.2) is 0 Å². The molecular formula is C22H23NO3. The minimum absolute atomic E-state index is 0.469. The van der Waals surface area contributed by atoms with E-state index in [0.29, 0.717) is 6.42 Å². The third-order valence-electron chi connectivity index (χ3n) is 5.41. The number of rotatable bonds is 4. The zero-order valence-electron chi connectivity index (χ0n) is 14.9. The van der Waals surface area contributed by atoms with Crippen molar-refractivity contribution in [3.05, 3.63) is 65.4 Å². The highest BCUT2D eigenvalue weighted by Gasteiger charge is 2.31. The second-order valence-electron chi connectivity index (χ2n) is 6.92. The van der Waals surface area contributed by atoms with Crippen LogP contribution < -0.4 is 4.74 Å². The molecule has 0 spiro atoms. The van der Waals surface area contributed by atoms with Crippen molar-refractivity contribution in [2.45, 2.75) is 38.1 Å². The fraction of sp³-hybridized carbons (Fsp3) is 0.318. The van der Waals surface area contributed by atoms with Gasteiger partial charge in [0, 0.05) is 17.6 Å². The molecule has 1 aliphatic rings. The number of fused-ring (bicyclic) bond motifs is 3. The summed E-state index contributed by atoms with van der Waals surface area (Å²) in [6, 6.07) is 16.3. The third-order valence-corrected chi connectivity index (χ3v) is 5.41. The average molecular weight is 349 g/mol. The first kappa shape index (κ1) is 16.7. The molecule has 0 radical (unpaired) electrons. The average Bonchev–Trinajstić information content (AvgIpc) is 2.82. The van der Waals surface area contributed by atoms with Gasteiger partial charge in [-0.05, 0) is 42.5 Å². The van der Waals surface area contributed by atoms with Crippen molar-refractivity contribution in [2.75, 3.05) is 7.11 Å². The first-order valence-corrected chi connectivity index (χ1v) is 9.15. The standard InChI is InChI=1S/C22H23NO3/c1-26-19-13-7-12-18-21(19)20-16(22(24)25)10-5-6-11-17(20)23(18)14-15-8-3-2-4-9-15/h2-4,7-9,12-13,16H,5-6,10-11,14H2,1H3,(H,24,25). The van der Waals surface area contributed by atoms with Gasteiger partial charge in [0.1, 0.15) is 5.75 Å². The predicted octanol–water partition coefficient (Wildman–Crippen LogP) is 4.59. The monoisotopic (exact) mass is 349 g/mol. The van der Waals surface area contributed by atoms with E-state index in [2.05, 4.69) is 22.8 Å². The molecule has 4 nitrogen and oxygen atoms in total. The highest BCUT2D eigenvalue weighted by molar-refractivity contribution is 5.95. The van der Waals surface area contributed by atoms with Crippen molar-refractivity contribution < 1.29 is 14.6 Å². The Morgan fingerprint density at radius 2 is 1.96 bits per heavy atom. The molecular weight excluding hydrogens is 326 g/mol. The Labute approximate surface area is 153 Å². The molecule has 1 unspecified atom stereocenters. The molecule has 1 N–H and O–H groups in total. The Bertz CT molecular complexity index is 943. The quantitative estimate of drug-likeness (QED) is 0.701. The SMILES string of the molecule is COc1cccc2c1c1c(n2Cc2ccccc2)CCCCC1C(=O)O. The normalized spacial score (nSPS) is 16.9. The van der Waals surface area contributed by atoms with Crippen LogP contribution >= 0.6 is 0 Å². The molecule has 2 aromatic carbocycles. The van der Waals surface area contributed by atoms with Gasteiger partial charge < -0.3 is 14.4 Å². The van der Waals surface area contributed by atoms with E-state index in [-0.39, 0.29) is 0 Å². The van der Waals surface area contributed by atoms with E-state index in [4.69, 9.17) is 4.74 Å². The summed E-state index contributed by atoms with van der Waals surface area (Å²) in [6.07, 6.45) is 3.55. The zero-order chi connectivity index (χ0) is 18.1. The van der Waals surface area contributed by atoms with E-state index < -0.39 is 11.9 Å². The lowest BCUT2D eigenvalue weighted by molar-refractivity contribution is -0.138. The minimum Gasteiger partial charge on any atom is -0.496 e. The van der Waals surface area contributed by atoms with Crippen molar-refractivity contribution in [3.8, 4) is 5.75 Å². The summed E-state index contributed by atoms with van der Waals surface area (Å²) in [5, 5.41) is 10.8. The molecule has 1 atom stereocenters. The lowest BCUT2D eigenvalue weighted by atomic mass is 9.93. The Morgan fingerprint density at radius 3 is 2.69 bits per heavy atom. The first-order valence-electron chi connectivity index (χ1n) is 9.15. The minimum atomic E-state index is -0.738. The van der Waals surface area contributed by atoms with Gasteiger partial charge in [0.25, 0.3) is 0 Å². The van der Waals surface area contributed by atoms with Crippen LogP contribution in [0.25, 0.3) is 10.9 Å². The van der Waals surface area contributed by atoms with Crippen molar-refractivity contribution in [2.24, 2.45) is 0 Å². The summed E-state index contributed by atoms with van der Waals surface area (Å²) in [5.41, 5.74) is 4.38. The zero-order valence-corrected chi connectivity index (χ0v) is 14.9. The molecule has 4 heteroatoms. The highest BCUT2D eigenvalue weighted by atomic mass is 16.5. The molecule has 1 heterocycles. The largest absolute Gasteiger partial charge is 0.496 e. The van der Waals surface area contributed by atoms with Gasteiger partial charge in [-0.3, -0.25) is 4.79 Å². The van der Waals surface area contributed by atoms with Gasteiger partial charge in [0.2, 0.25) is 0 Å². The molecule has 4 rings (SSSR count). The van der Waals surface area contributed by atoms with Crippen LogP contribution in [-0.2, 0) is 17.8 Å². The van der Waals surface area contributed by atoms with E-state index in [1.54, 1.807) is 7.11 Å². The molecule has 134 valence electrons. The summed E-state index contributed by atoms with van der Waals surface area (Å²) < 4.78 is 7.92. The van der Waals surface area contributed by atoms with Gasteiger partial charge >= 0.3 is 5.97 Å². The van der Waals surface area contributed by atoms with Crippen molar-refractivity contribution in [1.82, 2.24) is 4.57 Å². The number of ether oxygens (including phenoxy) is 1. The maximum atomic E-state index is 12.0. The van der Waals surface area contributed by atoms with Crippen LogP contribution in [0.15, 0.2) is 48.5 Å². The van der Waals surface area contributed by atoms with Gasteiger partial charge in [-0.1, -0.05) is 42.8 Å². The van der Waals surface area contributed by atoms with E-state index in [9.17, 15) is 9.90 Å². The van der Waals surface area contributed by atoms with Crippen LogP contribution in [-0.4, -0.2) is 22.8 Å². The topological polar surface area (TPSA) is 51.5 Å². The van der Waals surface area contributed by atoms with Crippen molar-refractivity contribution in [3.63, 3.8) is 0 Å². The van der Waals surface area contributed by atoms with E-state index in [0.717, 1.165) is 53.7 Å². The first-order chi connectivity index (χ1) is 12.7. The number of carboxylic acids is 1. The smallest absolute Gasteiger partial charge is 0.311 e. The molecule has 0 bridgehead atoms. The number of carboxylic acid groups (broad SMARTS) is 1. The molecule has 0 amide bonds. The van der Waals surface area contributed by atoms with Crippen LogP contribution in [0.1, 0.15) is 42.0 Å². The number of methoxy groups -OCH3 is 1. The van der Waals surface area contributed by atoms with Gasteiger partial charge in [-0.25, -0.2) is 0 Å².